The van der Waals surface area contributed by atoms with Gasteiger partial charge in [-0.05, 0) is 98.5 Å². The van der Waals surface area contributed by atoms with Crippen LogP contribution in [-0.4, -0.2) is 19.5 Å². The first-order valence-corrected chi connectivity index (χ1v) is 20.3. The van der Waals surface area contributed by atoms with Gasteiger partial charge in [0.2, 0.25) is 0 Å². The average Bonchev–Trinajstić information content (AvgIpc) is 3.64. The molecule has 0 bridgehead atoms. The van der Waals surface area contributed by atoms with Gasteiger partial charge in [-0.2, -0.15) is 0 Å². The van der Waals surface area contributed by atoms with Crippen LogP contribution in [0.15, 0.2) is 170 Å². The molecule has 0 atom stereocenters. The normalized spacial score (nSPS) is 15.8. The Labute approximate surface area is 351 Å². The maximum absolute atomic E-state index is 8.78. The predicted molar refractivity (Wildman–Crippen MR) is 246 cm³/mol. The Kier molecular flexibility index (Phi) is 6.82. The molecule has 11 rings (SSSR count). The highest BCUT2D eigenvalue weighted by atomic mass is 15.0. The zero-order valence-electron chi connectivity index (χ0n) is 38.5. The van der Waals surface area contributed by atoms with Crippen molar-refractivity contribution in [1.82, 2.24) is 19.5 Å². The molecule has 59 heavy (non-hydrogen) atoms. The van der Waals surface area contributed by atoms with Crippen molar-refractivity contribution in [2.45, 2.75) is 51.4 Å². The van der Waals surface area contributed by atoms with Gasteiger partial charge in [0.15, 0.2) is 17.5 Å². The summed E-state index contributed by atoms with van der Waals surface area (Å²) in [7, 11) is 0. The van der Waals surface area contributed by atoms with E-state index in [0.717, 1.165) is 62.3 Å². The zero-order chi connectivity index (χ0) is 44.2. The number of fused-ring (bicyclic) bond motifs is 6. The Hall–Kier alpha value is -6.91. The van der Waals surface area contributed by atoms with Crippen LogP contribution in [0.3, 0.4) is 0 Å². The third kappa shape index (κ3) is 5.69. The Morgan fingerprint density at radius 1 is 0.441 bits per heavy atom. The summed E-state index contributed by atoms with van der Waals surface area (Å²) in [6.07, 6.45) is 2.28. The first-order valence-electron chi connectivity index (χ1n) is 22.8. The molecule has 0 N–H and O–H groups in total. The minimum absolute atomic E-state index is 0.0463. The van der Waals surface area contributed by atoms with E-state index in [1.165, 1.54) is 27.4 Å². The largest absolute Gasteiger partial charge is 0.309 e. The molecule has 0 radical (unpaired) electrons. The summed E-state index contributed by atoms with van der Waals surface area (Å²) in [5.41, 5.74) is 9.52. The Bertz CT molecular complexity index is 3550. The van der Waals surface area contributed by atoms with Crippen molar-refractivity contribution in [3.63, 3.8) is 0 Å². The van der Waals surface area contributed by atoms with Crippen molar-refractivity contribution >= 4 is 43.4 Å². The second-order valence-corrected chi connectivity index (χ2v) is 17.1. The van der Waals surface area contributed by atoms with E-state index in [4.69, 9.17) is 21.8 Å². The summed E-state index contributed by atoms with van der Waals surface area (Å²) in [6, 6.07) is 46.1. The first-order chi connectivity index (χ1) is 30.8. The number of aromatic nitrogens is 4. The third-order valence-electron chi connectivity index (χ3n) is 12.6. The molecule has 10 aromatic rings. The number of rotatable bonds is 5. The van der Waals surface area contributed by atoms with E-state index in [1.807, 2.05) is 66.7 Å². The van der Waals surface area contributed by atoms with Gasteiger partial charge in [-0.3, -0.25) is 0 Å². The monoisotopic (exact) mass is 765 g/mol. The van der Waals surface area contributed by atoms with Crippen LogP contribution in [0.1, 0.15) is 58.5 Å². The summed E-state index contributed by atoms with van der Waals surface area (Å²) in [4.78, 5) is 15.5. The smallest absolute Gasteiger partial charge is 0.164 e. The van der Waals surface area contributed by atoms with Crippen LogP contribution in [0, 0.1) is 0 Å². The van der Waals surface area contributed by atoms with Crippen molar-refractivity contribution in [2.75, 3.05) is 0 Å². The second kappa shape index (κ2) is 13.3. The minimum Gasteiger partial charge on any atom is -0.309 e. The van der Waals surface area contributed by atoms with Crippen molar-refractivity contribution < 1.29 is 6.85 Å². The standard InChI is InChI=1S/C55H44N4/c1-54(2)31-32-55(3,4)47-34-50-45(33-46(47)54)42-25-15-16-26-48(42)59(50)49-30-29-44(40-23-13-14-24-41(40)49)53-57-51(36-19-9-6-10-20-36)56-52(58-53)43-28-27-37(35-17-7-5-8-18-35)38-21-11-12-22-39(38)43/h5-30,33-34H,31-32H2,1-4H3/i5D,7D,8D,17D,18D. The molecule has 4 heteroatoms. The number of nitrogens with zero attached hydrogens (tertiary/aromatic N) is 4. The molecule has 284 valence electrons. The highest BCUT2D eigenvalue weighted by molar-refractivity contribution is 6.12. The van der Waals surface area contributed by atoms with E-state index in [9.17, 15) is 0 Å². The second-order valence-electron chi connectivity index (χ2n) is 17.1. The SMILES string of the molecule is [2H]c1c([2H])c([2H])c(-c2ccc(-c3nc(-c4ccccc4)nc(-c4ccc(-n5c6ccccc6c6cc7c(cc65)C(C)(C)CCC7(C)C)c5ccccc45)n3)c3ccccc23)c([2H])c1[2H]. The minimum atomic E-state index is -0.423. The predicted octanol–water partition coefficient (Wildman–Crippen LogP) is 14.3. The Balaban J connectivity index is 1.14. The van der Waals surface area contributed by atoms with Crippen molar-refractivity contribution in [3.05, 3.63) is 181 Å². The van der Waals surface area contributed by atoms with Crippen LogP contribution in [-0.2, 0) is 10.8 Å². The van der Waals surface area contributed by atoms with Crippen molar-refractivity contribution in [1.29, 1.82) is 0 Å². The van der Waals surface area contributed by atoms with Crippen LogP contribution in [0.25, 0.3) is 94.3 Å². The molecular formula is C55H44N4. The van der Waals surface area contributed by atoms with Crippen molar-refractivity contribution in [2.24, 2.45) is 0 Å². The lowest BCUT2D eigenvalue weighted by molar-refractivity contribution is 0.332. The fourth-order valence-corrected chi connectivity index (χ4v) is 9.39. The summed E-state index contributed by atoms with van der Waals surface area (Å²) >= 11 is 0. The fourth-order valence-electron chi connectivity index (χ4n) is 9.39. The lowest BCUT2D eigenvalue weighted by atomic mass is 9.63. The molecule has 0 saturated carbocycles. The van der Waals surface area contributed by atoms with Gasteiger partial charge in [-0.1, -0.05) is 161 Å². The van der Waals surface area contributed by atoms with Crippen LogP contribution in [0.4, 0.5) is 0 Å². The van der Waals surface area contributed by atoms with E-state index >= 15 is 0 Å². The van der Waals surface area contributed by atoms with Crippen LogP contribution < -0.4 is 0 Å². The molecule has 0 aliphatic heterocycles. The summed E-state index contributed by atoms with van der Waals surface area (Å²) in [5.74, 6) is 1.49. The van der Waals surface area contributed by atoms with Gasteiger partial charge in [0.1, 0.15) is 0 Å². The quantitative estimate of drug-likeness (QED) is 0.175. The summed E-state index contributed by atoms with van der Waals surface area (Å²) < 4.78 is 45.0. The molecule has 2 heterocycles. The number of para-hydroxylation sites is 1. The molecule has 1 aliphatic rings. The average molecular weight is 766 g/mol. The van der Waals surface area contributed by atoms with Gasteiger partial charge >= 0.3 is 0 Å². The van der Waals surface area contributed by atoms with Gasteiger partial charge in [0.25, 0.3) is 0 Å². The number of benzene rings is 8. The molecule has 0 saturated heterocycles. The highest BCUT2D eigenvalue weighted by Gasteiger charge is 2.38. The van der Waals surface area contributed by atoms with E-state index in [-0.39, 0.29) is 40.6 Å². The first kappa shape index (κ1) is 30.2. The molecule has 1 aliphatic carbocycles. The van der Waals surface area contributed by atoms with E-state index < -0.39 is 6.04 Å². The summed E-state index contributed by atoms with van der Waals surface area (Å²) in [6.45, 7) is 9.54. The molecule has 4 nitrogen and oxygen atoms in total. The van der Waals surface area contributed by atoms with Crippen LogP contribution in [0.2, 0.25) is 0 Å². The molecule has 0 unspecified atom stereocenters. The molecule has 0 amide bonds. The van der Waals surface area contributed by atoms with Gasteiger partial charge < -0.3 is 4.57 Å². The van der Waals surface area contributed by atoms with Crippen molar-refractivity contribution in [3.8, 4) is 51.0 Å². The molecule has 0 spiro atoms. The highest BCUT2D eigenvalue weighted by Crippen LogP contribution is 2.49. The third-order valence-corrected chi connectivity index (χ3v) is 12.6. The van der Waals surface area contributed by atoms with E-state index in [2.05, 4.69) is 105 Å². The maximum atomic E-state index is 8.78. The molecule has 0 fully saturated rings. The zero-order valence-corrected chi connectivity index (χ0v) is 33.5. The summed E-state index contributed by atoms with van der Waals surface area (Å²) in [5, 5.41) is 6.05. The van der Waals surface area contributed by atoms with E-state index in [1.54, 1.807) is 0 Å². The Morgan fingerprint density at radius 3 is 1.63 bits per heavy atom. The molecular weight excluding hydrogens is 717 g/mol. The number of hydrogen-bond acceptors (Lipinski definition) is 3. The Morgan fingerprint density at radius 2 is 0.949 bits per heavy atom. The van der Waals surface area contributed by atoms with Gasteiger partial charge in [-0.25, -0.2) is 15.0 Å². The van der Waals surface area contributed by atoms with Crippen LogP contribution >= 0.6 is 0 Å². The fraction of sp³-hybridized carbons (Fsp3) is 0.145. The lowest BCUT2D eigenvalue weighted by Crippen LogP contribution is -2.33. The lowest BCUT2D eigenvalue weighted by Gasteiger charge is -2.42. The maximum Gasteiger partial charge on any atom is 0.164 e. The number of hydrogen-bond donors (Lipinski definition) is 0. The topological polar surface area (TPSA) is 43.6 Å². The van der Waals surface area contributed by atoms with Crippen LogP contribution in [0.5, 0.6) is 0 Å². The van der Waals surface area contributed by atoms with E-state index in [0.29, 0.717) is 23.0 Å². The molecule has 8 aromatic carbocycles. The van der Waals surface area contributed by atoms with Gasteiger partial charge in [-0.15, -0.1) is 0 Å². The van der Waals surface area contributed by atoms with Gasteiger partial charge in [0, 0.05) is 32.8 Å². The van der Waals surface area contributed by atoms with Gasteiger partial charge in [0.05, 0.1) is 23.6 Å². The molecule has 2 aromatic heterocycles.